The molecule has 0 aromatic rings. The van der Waals surface area contributed by atoms with E-state index in [-0.39, 0.29) is 24.2 Å². The highest BCUT2D eigenvalue weighted by Gasteiger charge is 2.33. The SMILES string of the molecule is COC[C@H](CN(C(C)(C)C)S(C)(=O)=O)O[C@@H](C)C(C)(C)C. The molecule has 0 spiro atoms. The number of sulfonamides is 1. The van der Waals surface area contributed by atoms with Gasteiger partial charge in [0.2, 0.25) is 10.0 Å². The van der Waals surface area contributed by atoms with Gasteiger partial charge in [0.05, 0.1) is 25.1 Å². The van der Waals surface area contributed by atoms with Crippen molar-refractivity contribution in [1.29, 1.82) is 0 Å². The van der Waals surface area contributed by atoms with E-state index < -0.39 is 15.6 Å². The first-order valence-electron chi connectivity index (χ1n) is 7.31. The van der Waals surface area contributed by atoms with Gasteiger partial charge in [-0.2, -0.15) is 4.31 Å². The van der Waals surface area contributed by atoms with Crippen molar-refractivity contribution in [3.8, 4) is 0 Å². The summed E-state index contributed by atoms with van der Waals surface area (Å²) in [4.78, 5) is 0. The van der Waals surface area contributed by atoms with Crippen molar-refractivity contribution in [1.82, 2.24) is 4.31 Å². The molecule has 5 nitrogen and oxygen atoms in total. The van der Waals surface area contributed by atoms with Crippen LogP contribution in [0.4, 0.5) is 0 Å². The molecular weight excluding hydrogens is 290 g/mol. The zero-order valence-corrected chi connectivity index (χ0v) is 15.9. The summed E-state index contributed by atoms with van der Waals surface area (Å²) >= 11 is 0. The number of ether oxygens (including phenoxy) is 2. The minimum absolute atomic E-state index is 0.000899. The summed E-state index contributed by atoms with van der Waals surface area (Å²) in [6, 6.07) is 0. The van der Waals surface area contributed by atoms with E-state index in [0.717, 1.165) is 0 Å². The first-order valence-corrected chi connectivity index (χ1v) is 9.16. The Kier molecular flexibility index (Phi) is 7.34. The van der Waals surface area contributed by atoms with Gasteiger partial charge in [-0.3, -0.25) is 0 Å². The zero-order valence-electron chi connectivity index (χ0n) is 15.1. The van der Waals surface area contributed by atoms with Crippen LogP contribution < -0.4 is 0 Å². The Morgan fingerprint density at radius 3 is 1.86 bits per heavy atom. The number of rotatable bonds is 7. The van der Waals surface area contributed by atoms with Crippen molar-refractivity contribution in [2.75, 3.05) is 26.5 Å². The van der Waals surface area contributed by atoms with Crippen LogP contribution in [-0.4, -0.2) is 57.0 Å². The molecule has 0 unspecified atom stereocenters. The van der Waals surface area contributed by atoms with Crippen molar-refractivity contribution < 1.29 is 17.9 Å². The lowest BCUT2D eigenvalue weighted by Gasteiger charge is -2.38. The molecule has 0 bridgehead atoms. The molecule has 0 aromatic heterocycles. The molecule has 0 saturated carbocycles. The van der Waals surface area contributed by atoms with Crippen LogP contribution in [0.15, 0.2) is 0 Å². The molecule has 0 aliphatic carbocycles. The Morgan fingerprint density at radius 2 is 1.57 bits per heavy atom. The highest BCUT2D eigenvalue weighted by atomic mass is 32.2. The third kappa shape index (κ3) is 7.58. The fraction of sp³-hybridized carbons (Fsp3) is 1.00. The molecule has 0 heterocycles. The van der Waals surface area contributed by atoms with Gasteiger partial charge in [0, 0.05) is 19.2 Å². The van der Waals surface area contributed by atoms with E-state index in [2.05, 4.69) is 20.8 Å². The van der Waals surface area contributed by atoms with Gasteiger partial charge < -0.3 is 9.47 Å². The molecule has 0 rings (SSSR count). The second kappa shape index (κ2) is 7.40. The van der Waals surface area contributed by atoms with E-state index in [1.165, 1.54) is 10.6 Å². The molecule has 0 radical (unpaired) electrons. The van der Waals surface area contributed by atoms with Crippen LogP contribution in [0.25, 0.3) is 0 Å². The number of methoxy groups -OCH3 is 1. The Hall–Kier alpha value is -0.170. The van der Waals surface area contributed by atoms with Crippen LogP contribution in [0.2, 0.25) is 0 Å². The summed E-state index contributed by atoms with van der Waals surface area (Å²) in [5.74, 6) is 0. The van der Waals surface area contributed by atoms with Crippen LogP contribution >= 0.6 is 0 Å². The van der Waals surface area contributed by atoms with E-state index in [0.29, 0.717) is 6.61 Å². The molecular formula is C15H33NO4S. The van der Waals surface area contributed by atoms with Gasteiger partial charge in [-0.05, 0) is 33.1 Å². The summed E-state index contributed by atoms with van der Waals surface area (Å²) in [5.41, 5.74) is -0.502. The van der Waals surface area contributed by atoms with Crippen LogP contribution in [0.3, 0.4) is 0 Å². The maximum atomic E-state index is 12.0. The van der Waals surface area contributed by atoms with Crippen molar-refractivity contribution in [2.45, 2.75) is 66.2 Å². The van der Waals surface area contributed by atoms with Crippen molar-refractivity contribution in [3.63, 3.8) is 0 Å². The average Bonchev–Trinajstić information content (AvgIpc) is 2.21. The van der Waals surface area contributed by atoms with Gasteiger partial charge in [-0.1, -0.05) is 20.8 Å². The first-order chi connectivity index (χ1) is 9.19. The highest BCUT2D eigenvalue weighted by Crippen LogP contribution is 2.25. The normalized spacial score (nSPS) is 17.0. The van der Waals surface area contributed by atoms with Crippen molar-refractivity contribution in [3.05, 3.63) is 0 Å². The van der Waals surface area contributed by atoms with Gasteiger partial charge in [-0.25, -0.2) is 8.42 Å². The molecule has 0 amide bonds. The number of nitrogens with zero attached hydrogens (tertiary/aromatic N) is 1. The minimum atomic E-state index is -3.31. The number of hydrogen-bond donors (Lipinski definition) is 0. The lowest BCUT2D eigenvalue weighted by molar-refractivity contribution is -0.0889. The van der Waals surface area contributed by atoms with Gasteiger partial charge >= 0.3 is 0 Å². The Morgan fingerprint density at radius 1 is 1.10 bits per heavy atom. The molecule has 0 saturated heterocycles. The minimum Gasteiger partial charge on any atom is -0.382 e. The van der Waals surface area contributed by atoms with E-state index in [9.17, 15) is 8.42 Å². The lowest BCUT2D eigenvalue weighted by Crippen LogP contribution is -2.50. The summed E-state index contributed by atoms with van der Waals surface area (Å²) in [6.45, 7) is 14.6. The molecule has 128 valence electrons. The molecule has 0 N–H and O–H groups in total. The van der Waals surface area contributed by atoms with Crippen LogP contribution in [0, 0.1) is 5.41 Å². The topological polar surface area (TPSA) is 55.8 Å². The summed E-state index contributed by atoms with van der Waals surface area (Å²) in [5, 5.41) is 0. The van der Waals surface area contributed by atoms with Crippen LogP contribution in [0.1, 0.15) is 48.5 Å². The first kappa shape index (κ1) is 20.8. The molecule has 0 fully saturated rings. The fourth-order valence-electron chi connectivity index (χ4n) is 1.91. The van der Waals surface area contributed by atoms with E-state index in [1.807, 2.05) is 27.7 Å². The van der Waals surface area contributed by atoms with Crippen LogP contribution in [0.5, 0.6) is 0 Å². The standard InChI is InChI=1S/C15H33NO4S/c1-12(14(2,3)4)20-13(11-19-8)10-16(15(5,6)7)21(9,17)18/h12-13H,10-11H2,1-9H3/t12-,13-/m0/s1. The van der Waals surface area contributed by atoms with E-state index >= 15 is 0 Å². The molecule has 0 aromatic carbocycles. The predicted octanol–water partition coefficient (Wildman–Crippen LogP) is 2.51. The highest BCUT2D eigenvalue weighted by molar-refractivity contribution is 7.88. The van der Waals surface area contributed by atoms with Gasteiger partial charge in [0.1, 0.15) is 0 Å². The van der Waals surface area contributed by atoms with Gasteiger partial charge in [-0.15, -0.1) is 0 Å². The average molecular weight is 323 g/mol. The maximum Gasteiger partial charge on any atom is 0.211 e. The van der Waals surface area contributed by atoms with E-state index in [4.69, 9.17) is 9.47 Å². The summed E-state index contributed by atoms with van der Waals surface area (Å²) < 4.78 is 36.8. The molecule has 2 atom stereocenters. The van der Waals surface area contributed by atoms with E-state index in [1.54, 1.807) is 7.11 Å². The summed E-state index contributed by atoms with van der Waals surface area (Å²) in [7, 11) is -1.71. The molecule has 6 heteroatoms. The number of hydrogen-bond acceptors (Lipinski definition) is 4. The monoisotopic (exact) mass is 323 g/mol. The molecule has 0 aliphatic heterocycles. The second-order valence-electron chi connectivity index (χ2n) is 7.69. The third-order valence-corrected chi connectivity index (χ3v) is 4.98. The van der Waals surface area contributed by atoms with Crippen molar-refractivity contribution in [2.24, 2.45) is 5.41 Å². The Balaban J connectivity index is 5.13. The summed E-state index contributed by atoms with van der Waals surface area (Å²) in [6.07, 6.45) is 0.937. The Bertz CT molecular complexity index is 406. The molecule has 21 heavy (non-hydrogen) atoms. The third-order valence-electron chi connectivity index (χ3n) is 3.49. The smallest absolute Gasteiger partial charge is 0.211 e. The Labute approximate surface area is 131 Å². The zero-order chi connectivity index (χ0) is 17.1. The maximum absolute atomic E-state index is 12.0. The quantitative estimate of drug-likeness (QED) is 0.722. The predicted molar refractivity (Wildman–Crippen MR) is 87.0 cm³/mol. The molecule has 0 aliphatic rings. The second-order valence-corrected chi connectivity index (χ2v) is 9.59. The largest absolute Gasteiger partial charge is 0.382 e. The lowest BCUT2D eigenvalue weighted by atomic mass is 9.90. The van der Waals surface area contributed by atoms with Crippen LogP contribution in [-0.2, 0) is 19.5 Å². The van der Waals surface area contributed by atoms with Gasteiger partial charge in [0.25, 0.3) is 0 Å². The fourth-order valence-corrected chi connectivity index (χ4v) is 3.34. The van der Waals surface area contributed by atoms with Crippen molar-refractivity contribution >= 4 is 10.0 Å². The van der Waals surface area contributed by atoms with Gasteiger partial charge in [0.15, 0.2) is 0 Å².